The maximum Gasteiger partial charge on any atom is 0.357 e. The van der Waals surface area contributed by atoms with Crippen LogP contribution in [0.15, 0.2) is 63.8 Å². The number of rotatable bonds is 5. The fourth-order valence-corrected chi connectivity index (χ4v) is 3.21. The first-order chi connectivity index (χ1) is 13.9. The molecule has 2 aromatic heterocycles. The van der Waals surface area contributed by atoms with Crippen molar-refractivity contribution in [2.24, 2.45) is 0 Å². The number of para-hydroxylation sites is 1. The zero-order valence-corrected chi connectivity index (χ0v) is 15.5. The van der Waals surface area contributed by atoms with Crippen LogP contribution >= 0.6 is 0 Å². The van der Waals surface area contributed by atoms with Gasteiger partial charge in [-0.15, -0.1) is 0 Å². The molecule has 0 aliphatic heterocycles. The van der Waals surface area contributed by atoms with E-state index in [1.54, 1.807) is 19.1 Å². The molecule has 2 N–H and O–H groups in total. The molecular formula is C21H17N3O5. The number of fused-ring (bicyclic) bond motifs is 2. The quantitative estimate of drug-likeness (QED) is 0.541. The summed E-state index contributed by atoms with van der Waals surface area (Å²) in [6, 6.07) is 15.2. The van der Waals surface area contributed by atoms with E-state index in [0.29, 0.717) is 11.3 Å². The Labute approximate surface area is 164 Å². The lowest BCUT2D eigenvalue weighted by Crippen LogP contribution is -2.35. The standard InChI is InChI=1S/C21H17N3O5/c1-12(17-10-13-6-2-5-9-16(13)29-17)22-18(25)11-24-20(26)15-8-4-3-7-14(15)19(23-24)21(27)28/h2-10,12H,11H2,1H3,(H,22,25)(H,27,28). The van der Waals surface area contributed by atoms with E-state index in [4.69, 9.17) is 4.42 Å². The number of hydrogen-bond donors (Lipinski definition) is 2. The molecule has 146 valence electrons. The summed E-state index contributed by atoms with van der Waals surface area (Å²) in [6.45, 7) is 1.35. The molecule has 0 fully saturated rings. The number of aromatic nitrogens is 2. The Kier molecular flexibility index (Phi) is 4.59. The Morgan fingerprint density at radius 2 is 1.83 bits per heavy atom. The highest BCUT2D eigenvalue weighted by Gasteiger charge is 2.19. The Morgan fingerprint density at radius 3 is 2.55 bits per heavy atom. The molecule has 29 heavy (non-hydrogen) atoms. The Morgan fingerprint density at radius 1 is 1.14 bits per heavy atom. The van der Waals surface area contributed by atoms with Crippen molar-refractivity contribution >= 4 is 33.6 Å². The van der Waals surface area contributed by atoms with E-state index in [-0.39, 0.29) is 16.5 Å². The summed E-state index contributed by atoms with van der Waals surface area (Å²) in [6.07, 6.45) is 0. The minimum absolute atomic E-state index is 0.193. The van der Waals surface area contributed by atoms with Crippen molar-refractivity contribution in [3.8, 4) is 0 Å². The highest BCUT2D eigenvalue weighted by Crippen LogP contribution is 2.23. The van der Waals surface area contributed by atoms with E-state index >= 15 is 0 Å². The molecule has 0 aliphatic carbocycles. The number of amides is 1. The maximum atomic E-state index is 12.6. The van der Waals surface area contributed by atoms with Crippen LogP contribution < -0.4 is 10.9 Å². The van der Waals surface area contributed by atoms with Gasteiger partial charge in [-0.2, -0.15) is 5.10 Å². The first-order valence-electron chi connectivity index (χ1n) is 8.95. The number of carboxylic acids is 1. The zero-order chi connectivity index (χ0) is 20.5. The largest absolute Gasteiger partial charge is 0.476 e. The van der Waals surface area contributed by atoms with Crippen LogP contribution in [0.25, 0.3) is 21.7 Å². The topological polar surface area (TPSA) is 114 Å². The van der Waals surface area contributed by atoms with Gasteiger partial charge in [0.15, 0.2) is 5.69 Å². The number of aromatic carboxylic acids is 1. The first-order valence-corrected chi connectivity index (χ1v) is 8.95. The molecule has 4 rings (SSSR count). The van der Waals surface area contributed by atoms with Crippen molar-refractivity contribution in [1.82, 2.24) is 15.1 Å². The minimum atomic E-state index is -1.27. The number of benzene rings is 2. The molecular weight excluding hydrogens is 374 g/mol. The number of nitrogens with one attached hydrogen (secondary N) is 1. The highest BCUT2D eigenvalue weighted by atomic mass is 16.4. The van der Waals surface area contributed by atoms with Gasteiger partial charge in [0, 0.05) is 10.8 Å². The molecule has 0 aliphatic rings. The SMILES string of the molecule is CC(NC(=O)Cn1nc(C(=O)O)c2ccccc2c1=O)c1cc2ccccc2o1. The molecule has 2 heterocycles. The van der Waals surface area contributed by atoms with Crippen LogP contribution in [0.1, 0.15) is 29.2 Å². The van der Waals surface area contributed by atoms with Gasteiger partial charge in [-0.1, -0.05) is 36.4 Å². The molecule has 1 amide bonds. The molecule has 4 aromatic rings. The summed E-state index contributed by atoms with van der Waals surface area (Å²) >= 11 is 0. The van der Waals surface area contributed by atoms with Crippen LogP contribution in [-0.2, 0) is 11.3 Å². The van der Waals surface area contributed by atoms with Crippen molar-refractivity contribution < 1.29 is 19.1 Å². The smallest absolute Gasteiger partial charge is 0.357 e. The fraction of sp³-hybridized carbons (Fsp3) is 0.143. The third kappa shape index (κ3) is 3.47. The van der Waals surface area contributed by atoms with Gasteiger partial charge in [0.1, 0.15) is 17.9 Å². The lowest BCUT2D eigenvalue weighted by molar-refractivity contribution is -0.122. The van der Waals surface area contributed by atoms with Gasteiger partial charge in [0.05, 0.1) is 11.4 Å². The normalized spacial score (nSPS) is 12.2. The van der Waals surface area contributed by atoms with Crippen LogP contribution in [0, 0.1) is 0 Å². The molecule has 8 nitrogen and oxygen atoms in total. The molecule has 1 unspecified atom stereocenters. The van der Waals surface area contributed by atoms with Gasteiger partial charge in [-0.3, -0.25) is 9.59 Å². The van der Waals surface area contributed by atoms with E-state index in [1.165, 1.54) is 12.1 Å². The van der Waals surface area contributed by atoms with Crippen LogP contribution in [0.2, 0.25) is 0 Å². The zero-order valence-electron chi connectivity index (χ0n) is 15.5. The van der Waals surface area contributed by atoms with Crippen LogP contribution in [0.3, 0.4) is 0 Å². The number of carbonyl (C=O) groups excluding carboxylic acids is 1. The summed E-state index contributed by atoms with van der Waals surface area (Å²) in [5, 5.41) is 17.4. The molecule has 0 saturated carbocycles. The second-order valence-corrected chi connectivity index (χ2v) is 6.64. The van der Waals surface area contributed by atoms with Gasteiger partial charge in [0.25, 0.3) is 5.56 Å². The van der Waals surface area contributed by atoms with Crippen LogP contribution in [-0.4, -0.2) is 26.8 Å². The Balaban J connectivity index is 1.59. The molecule has 0 radical (unpaired) electrons. The van der Waals surface area contributed by atoms with E-state index < -0.39 is 30.0 Å². The third-order valence-corrected chi connectivity index (χ3v) is 4.61. The van der Waals surface area contributed by atoms with Gasteiger partial charge >= 0.3 is 5.97 Å². The highest BCUT2D eigenvalue weighted by molar-refractivity contribution is 6.01. The van der Waals surface area contributed by atoms with Crippen molar-refractivity contribution in [3.05, 3.63) is 76.4 Å². The van der Waals surface area contributed by atoms with Crippen molar-refractivity contribution in [2.45, 2.75) is 19.5 Å². The average molecular weight is 391 g/mol. The monoisotopic (exact) mass is 391 g/mol. The minimum Gasteiger partial charge on any atom is -0.476 e. The lowest BCUT2D eigenvalue weighted by atomic mass is 10.1. The maximum absolute atomic E-state index is 12.6. The molecule has 0 spiro atoms. The van der Waals surface area contributed by atoms with Crippen molar-refractivity contribution in [3.63, 3.8) is 0 Å². The first kappa shape index (κ1) is 18.4. The van der Waals surface area contributed by atoms with Crippen molar-refractivity contribution in [1.29, 1.82) is 0 Å². The van der Waals surface area contributed by atoms with Crippen LogP contribution in [0.5, 0.6) is 0 Å². The van der Waals surface area contributed by atoms with E-state index in [0.717, 1.165) is 10.1 Å². The predicted octanol–water partition coefficient (Wildman–Crippen LogP) is 2.72. The van der Waals surface area contributed by atoms with Gasteiger partial charge in [-0.05, 0) is 25.1 Å². The van der Waals surface area contributed by atoms with E-state index in [9.17, 15) is 19.5 Å². The number of nitrogens with zero attached hydrogens (tertiary/aromatic N) is 2. The molecule has 8 heteroatoms. The molecule has 1 atom stereocenters. The second-order valence-electron chi connectivity index (χ2n) is 6.64. The van der Waals surface area contributed by atoms with E-state index in [2.05, 4.69) is 10.4 Å². The summed E-state index contributed by atoms with van der Waals surface area (Å²) in [5.41, 5.74) is -0.0995. The van der Waals surface area contributed by atoms with Gasteiger partial charge in [0.2, 0.25) is 5.91 Å². The summed E-state index contributed by atoms with van der Waals surface area (Å²) in [5.74, 6) is -1.19. The number of carboxylic acid groups (broad SMARTS) is 1. The van der Waals surface area contributed by atoms with Crippen LogP contribution in [0.4, 0.5) is 0 Å². The van der Waals surface area contributed by atoms with Gasteiger partial charge < -0.3 is 14.8 Å². The Hall–Kier alpha value is -3.94. The molecule has 0 saturated heterocycles. The summed E-state index contributed by atoms with van der Waals surface area (Å²) in [7, 11) is 0. The molecule has 2 aromatic carbocycles. The third-order valence-electron chi connectivity index (χ3n) is 4.61. The second kappa shape index (κ2) is 7.23. The average Bonchev–Trinajstić information content (AvgIpc) is 3.14. The molecule has 0 bridgehead atoms. The fourth-order valence-electron chi connectivity index (χ4n) is 3.21. The lowest BCUT2D eigenvalue weighted by Gasteiger charge is -2.13. The van der Waals surface area contributed by atoms with Gasteiger partial charge in [-0.25, -0.2) is 9.48 Å². The predicted molar refractivity (Wildman–Crippen MR) is 106 cm³/mol. The van der Waals surface area contributed by atoms with Crippen molar-refractivity contribution in [2.75, 3.05) is 0 Å². The van der Waals surface area contributed by atoms with E-state index in [1.807, 2.05) is 30.3 Å². The number of carbonyl (C=O) groups is 2. The number of furan rings is 1. The Bertz CT molecular complexity index is 1270. The summed E-state index contributed by atoms with van der Waals surface area (Å²) < 4.78 is 6.60. The summed E-state index contributed by atoms with van der Waals surface area (Å²) in [4.78, 5) is 36.6. The number of hydrogen-bond acceptors (Lipinski definition) is 5.